The lowest BCUT2D eigenvalue weighted by Crippen LogP contribution is -2.14. The van der Waals surface area contributed by atoms with Crippen LogP contribution in [0.25, 0.3) is 0 Å². The van der Waals surface area contributed by atoms with Gasteiger partial charge in [-0.15, -0.1) is 22.9 Å². The first-order chi connectivity index (χ1) is 6.24. The largest absolute Gasteiger partial charge is 0.310 e. The molecule has 1 rings (SSSR count). The maximum atomic E-state index is 5.56. The maximum absolute atomic E-state index is 5.56. The number of rotatable bonds is 5. The molecule has 2 nitrogen and oxygen atoms in total. The Kier molecular flexibility index (Phi) is 4.70. The Hall–Kier alpha value is -0.120. The molecular formula is C9H15ClN2S. The zero-order chi connectivity index (χ0) is 9.68. The van der Waals surface area contributed by atoms with Crippen molar-refractivity contribution in [3.8, 4) is 0 Å². The predicted molar refractivity (Wildman–Crippen MR) is 58.6 cm³/mol. The van der Waals surface area contributed by atoms with E-state index in [0.717, 1.165) is 31.1 Å². The summed E-state index contributed by atoms with van der Waals surface area (Å²) >= 11 is 7.33. The minimum absolute atomic E-state index is 0.725. The zero-order valence-corrected chi connectivity index (χ0v) is 9.63. The summed E-state index contributed by atoms with van der Waals surface area (Å²) in [5.74, 6) is 0.725. The number of hydrogen-bond acceptors (Lipinski definition) is 3. The van der Waals surface area contributed by atoms with Crippen LogP contribution in [-0.4, -0.2) is 17.4 Å². The van der Waals surface area contributed by atoms with Crippen LogP contribution in [-0.2, 0) is 6.54 Å². The van der Waals surface area contributed by atoms with E-state index in [1.807, 2.05) is 6.92 Å². The number of aryl methyl sites for hydroxylation is 2. The van der Waals surface area contributed by atoms with Crippen molar-refractivity contribution in [3.05, 3.63) is 15.6 Å². The quantitative estimate of drug-likeness (QED) is 0.607. The van der Waals surface area contributed by atoms with Crippen LogP contribution in [0.2, 0.25) is 0 Å². The monoisotopic (exact) mass is 218 g/mol. The van der Waals surface area contributed by atoms with E-state index in [0.29, 0.717) is 0 Å². The highest BCUT2D eigenvalue weighted by Crippen LogP contribution is 2.15. The number of nitrogens with one attached hydrogen (secondary N) is 1. The van der Waals surface area contributed by atoms with E-state index in [-0.39, 0.29) is 0 Å². The van der Waals surface area contributed by atoms with Crippen molar-refractivity contribution >= 4 is 22.9 Å². The Morgan fingerprint density at radius 2 is 2.23 bits per heavy atom. The van der Waals surface area contributed by atoms with Crippen molar-refractivity contribution in [2.75, 3.05) is 12.4 Å². The molecule has 0 amide bonds. The second kappa shape index (κ2) is 5.58. The van der Waals surface area contributed by atoms with Gasteiger partial charge >= 0.3 is 0 Å². The van der Waals surface area contributed by atoms with Gasteiger partial charge in [-0.3, -0.25) is 0 Å². The van der Waals surface area contributed by atoms with Crippen LogP contribution in [0.15, 0.2) is 0 Å². The van der Waals surface area contributed by atoms with Crippen LogP contribution in [0.5, 0.6) is 0 Å². The molecule has 0 aromatic carbocycles. The molecule has 1 N–H and O–H groups in total. The zero-order valence-electron chi connectivity index (χ0n) is 8.06. The van der Waals surface area contributed by atoms with Crippen molar-refractivity contribution in [1.29, 1.82) is 0 Å². The van der Waals surface area contributed by atoms with E-state index >= 15 is 0 Å². The summed E-state index contributed by atoms with van der Waals surface area (Å²) in [5.41, 5.74) is 1.15. The Labute approximate surface area is 88.3 Å². The van der Waals surface area contributed by atoms with Gasteiger partial charge in [0.1, 0.15) is 5.01 Å². The summed E-state index contributed by atoms with van der Waals surface area (Å²) in [5, 5.41) is 4.48. The molecule has 1 heterocycles. The van der Waals surface area contributed by atoms with Gasteiger partial charge in [0, 0.05) is 17.3 Å². The number of nitrogens with zero attached hydrogens (tertiary/aromatic N) is 1. The molecule has 0 unspecified atom stereocenters. The highest BCUT2D eigenvalue weighted by atomic mass is 35.5. The summed E-state index contributed by atoms with van der Waals surface area (Å²) in [7, 11) is 0. The van der Waals surface area contributed by atoms with E-state index in [4.69, 9.17) is 11.6 Å². The maximum Gasteiger partial charge on any atom is 0.107 e. The van der Waals surface area contributed by atoms with Crippen molar-refractivity contribution in [2.24, 2.45) is 0 Å². The van der Waals surface area contributed by atoms with Crippen LogP contribution >= 0.6 is 22.9 Å². The lowest BCUT2D eigenvalue weighted by molar-refractivity contribution is 0.674. The van der Waals surface area contributed by atoms with Gasteiger partial charge in [-0.25, -0.2) is 4.98 Å². The van der Waals surface area contributed by atoms with Crippen molar-refractivity contribution in [3.63, 3.8) is 0 Å². The molecule has 1 aromatic rings. The van der Waals surface area contributed by atoms with Gasteiger partial charge in [0.25, 0.3) is 0 Å². The van der Waals surface area contributed by atoms with Crippen molar-refractivity contribution in [1.82, 2.24) is 10.3 Å². The first kappa shape index (κ1) is 11.0. The predicted octanol–water partition coefficient (Wildman–Crippen LogP) is 2.48. The van der Waals surface area contributed by atoms with Gasteiger partial charge in [-0.2, -0.15) is 0 Å². The van der Waals surface area contributed by atoms with Gasteiger partial charge in [0.05, 0.1) is 5.69 Å². The molecular weight excluding hydrogens is 204 g/mol. The summed E-state index contributed by atoms with van der Waals surface area (Å²) in [6, 6.07) is 0. The molecule has 0 bridgehead atoms. The smallest absolute Gasteiger partial charge is 0.107 e. The van der Waals surface area contributed by atoms with Gasteiger partial charge < -0.3 is 5.32 Å². The number of halogens is 1. The first-order valence-corrected chi connectivity index (χ1v) is 5.78. The van der Waals surface area contributed by atoms with Gasteiger partial charge in [-0.1, -0.05) is 0 Å². The molecule has 74 valence electrons. The Balaban J connectivity index is 2.29. The molecule has 0 aliphatic rings. The molecule has 0 saturated heterocycles. The Morgan fingerprint density at radius 3 is 2.77 bits per heavy atom. The second-order valence-corrected chi connectivity index (χ2v) is 4.63. The number of alkyl halides is 1. The topological polar surface area (TPSA) is 24.9 Å². The molecule has 1 aromatic heterocycles. The standard InChI is InChI=1S/C9H15ClN2S/c1-7-8(2)13-9(12-7)6-11-5-3-4-10/h11H,3-6H2,1-2H3. The summed E-state index contributed by atoms with van der Waals surface area (Å²) in [6.07, 6.45) is 1.02. The summed E-state index contributed by atoms with van der Waals surface area (Å²) < 4.78 is 0. The average Bonchev–Trinajstić information content (AvgIpc) is 2.41. The fourth-order valence-electron chi connectivity index (χ4n) is 1.00. The van der Waals surface area contributed by atoms with E-state index in [9.17, 15) is 0 Å². The lowest BCUT2D eigenvalue weighted by atomic mass is 10.4. The van der Waals surface area contributed by atoms with Gasteiger partial charge in [0.2, 0.25) is 0 Å². The Bertz CT molecular complexity index is 241. The summed E-state index contributed by atoms with van der Waals surface area (Å²) in [6.45, 7) is 6.00. The Morgan fingerprint density at radius 1 is 1.46 bits per heavy atom. The number of hydrogen-bond donors (Lipinski definition) is 1. The average molecular weight is 219 g/mol. The second-order valence-electron chi connectivity index (χ2n) is 2.97. The van der Waals surface area contributed by atoms with Crippen LogP contribution in [0, 0.1) is 13.8 Å². The highest BCUT2D eigenvalue weighted by Gasteiger charge is 2.01. The fraction of sp³-hybridized carbons (Fsp3) is 0.667. The highest BCUT2D eigenvalue weighted by molar-refractivity contribution is 7.11. The third-order valence-electron chi connectivity index (χ3n) is 1.84. The normalized spacial score (nSPS) is 10.7. The molecule has 0 spiro atoms. The number of thiazole rings is 1. The first-order valence-electron chi connectivity index (χ1n) is 4.43. The molecule has 0 fully saturated rings. The minimum atomic E-state index is 0.725. The minimum Gasteiger partial charge on any atom is -0.310 e. The molecule has 4 heteroatoms. The molecule has 0 atom stereocenters. The van der Waals surface area contributed by atoms with Crippen molar-refractivity contribution < 1.29 is 0 Å². The number of aromatic nitrogens is 1. The van der Waals surface area contributed by atoms with Crippen LogP contribution in [0.1, 0.15) is 22.0 Å². The van der Waals surface area contributed by atoms with Gasteiger partial charge in [0.15, 0.2) is 0 Å². The summed E-state index contributed by atoms with van der Waals surface area (Å²) in [4.78, 5) is 5.74. The van der Waals surface area contributed by atoms with Gasteiger partial charge in [-0.05, 0) is 26.8 Å². The SMILES string of the molecule is Cc1nc(CNCCCCl)sc1C. The third-order valence-corrected chi connectivity index (χ3v) is 3.18. The van der Waals surface area contributed by atoms with E-state index in [2.05, 4.69) is 17.2 Å². The third kappa shape index (κ3) is 3.63. The molecule has 0 aliphatic heterocycles. The lowest BCUT2D eigenvalue weighted by Gasteiger charge is -1.98. The van der Waals surface area contributed by atoms with Crippen LogP contribution in [0.3, 0.4) is 0 Å². The van der Waals surface area contributed by atoms with E-state index in [1.165, 1.54) is 9.88 Å². The molecule has 13 heavy (non-hydrogen) atoms. The van der Waals surface area contributed by atoms with Crippen molar-refractivity contribution in [2.45, 2.75) is 26.8 Å². The fourth-order valence-corrected chi connectivity index (χ4v) is 2.04. The van der Waals surface area contributed by atoms with E-state index in [1.54, 1.807) is 11.3 Å². The molecule has 0 radical (unpaired) electrons. The molecule has 0 aliphatic carbocycles. The van der Waals surface area contributed by atoms with Crippen LogP contribution in [0.4, 0.5) is 0 Å². The van der Waals surface area contributed by atoms with E-state index < -0.39 is 0 Å². The van der Waals surface area contributed by atoms with Crippen LogP contribution < -0.4 is 5.32 Å². The molecule has 0 saturated carbocycles.